The summed E-state index contributed by atoms with van der Waals surface area (Å²) in [6.07, 6.45) is 2.22. The number of rotatable bonds is 4. The number of benzene rings is 1. The lowest BCUT2D eigenvalue weighted by atomic mass is 10.2. The molecule has 0 atom stereocenters. The Morgan fingerprint density at radius 2 is 2.21 bits per heavy atom. The van der Waals surface area contributed by atoms with Gasteiger partial charge in [-0.15, -0.1) is 0 Å². The van der Waals surface area contributed by atoms with Crippen LogP contribution in [0.3, 0.4) is 0 Å². The first-order valence-corrected chi connectivity index (χ1v) is 4.37. The van der Waals surface area contributed by atoms with Crippen molar-refractivity contribution >= 4 is 17.7 Å². The number of halogens is 1. The highest BCUT2D eigenvalue weighted by Gasteiger charge is 1.99. The van der Waals surface area contributed by atoms with E-state index in [2.05, 4.69) is 0 Å². The molecule has 0 saturated carbocycles. The Kier molecular flexibility index (Phi) is 3.94. The minimum absolute atomic E-state index is 0.0172. The van der Waals surface area contributed by atoms with Crippen LogP contribution in [0.15, 0.2) is 30.5 Å². The lowest BCUT2D eigenvalue weighted by Gasteiger charge is -2.03. The summed E-state index contributed by atoms with van der Waals surface area (Å²) in [7, 11) is 0. The van der Waals surface area contributed by atoms with Crippen molar-refractivity contribution in [2.24, 2.45) is 0 Å². The highest BCUT2D eigenvalue weighted by atomic mass is 35.5. The van der Waals surface area contributed by atoms with Crippen molar-refractivity contribution in [1.29, 1.82) is 0 Å². The minimum atomic E-state index is -0.530. The van der Waals surface area contributed by atoms with E-state index in [9.17, 15) is 10.1 Å². The van der Waals surface area contributed by atoms with Crippen LogP contribution in [-0.2, 0) is 0 Å². The predicted molar refractivity (Wildman–Crippen MR) is 53.8 cm³/mol. The molecule has 1 aromatic rings. The van der Waals surface area contributed by atoms with Crippen LogP contribution in [0, 0.1) is 10.1 Å². The zero-order valence-corrected chi connectivity index (χ0v) is 7.98. The summed E-state index contributed by atoms with van der Waals surface area (Å²) < 4.78 is 5.06. The fourth-order valence-corrected chi connectivity index (χ4v) is 1.07. The quantitative estimate of drug-likeness (QED) is 0.439. The molecule has 0 heterocycles. The molecule has 0 aliphatic carbocycles. The van der Waals surface area contributed by atoms with Crippen LogP contribution in [0.25, 0.3) is 6.08 Å². The van der Waals surface area contributed by atoms with E-state index in [1.54, 1.807) is 24.3 Å². The van der Waals surface area contributed by atoms with Crippen LogP contribution < -0.4 is 4.74 Å². The van der Waals surface area contributed by atoms with Crippen LogP contribution in [0.5, 0.6) is 5.75 Å². The molecule has 0 aliphatic heterocycles. The second-order valence-corrected chi connectivity index (χ2v) is 2.61. The van der Waals surface area contributed by atoms with Crippen molar-refractivity contribution in [2.45, 2.75) is 0 Å². The van der Waals surface area contributed by atoms with Gasteiger partial charge in [-0.2, -0.15) is 0 Å². The van der Waals surface area contributed by atoms with Gasteiger partial charge in [0.2, 0.25) is 6.20 Å². The van der Waals surface area contributed by atoms with E-state index in [4.69, 9.17) is 16.3 Å². The number of nitrogens with zero attached hydrogens (tertiary/aromatic N) is 1. The first kappa shape index (κ1) is 10.5. The summed E-state index contributed by atoms with van der Waals surface area (Å²) in [4.78, 5) is 9.56. The Labute approximate surface area is 85.9 Å². The third kappa shape index (κ3) is 3.06. The third-order valence-electron chi connectivity index (χ3n) is 1.50. The zero-order chi connectivity index (χ0) is 10.4. The van der Waals surface area contributed by atoms with Crippen molar-refractivity contribution in [3.8, 4) is 5.75 Å². The van der Waals surface area contributed by atoms with Crippen LogP contribution in [0.2, 0.25) is 0 Å². The van der Waals surface area contributed by atoms with Crippen LogP contribution >= 0.6 is 11.6 Å². The van der Waals surface area contributed by atoms with Crippen molar-refractivity contribution in [3.05, 3.63) is 46.1 Å². The Morgan fingerprint density at radius 1 is 1.50 bits per heavy atom. The van der Waals surface area contributed by atoms with Crippen molar-refractivity contribution in [2.75, 3.05) is 6.07 Å². The van der Waals surface area contributed by atoms with Gasteiger partial charge in [0.1, 0.15) is 5.75 Å². The molecule has 0 bridgehead atoms. The second-order valence-electron chi connectivity index (χ2n) is 2.39. The summed E-state index contributed by atoms with van der Waals surface area (Å²) in [6.45, 7) is 0. The van der Waals surface area contributed by atoms with Gasteiger partial charge in [-0.1, -0.05) is 29.8 Å². The van der Waals surface area contributed by atoms with Gasteiger partial charge in [-0.3, -0.25) is 10.1 Å². The van der Waals surface area contributed by atoms with E-state index in [0.717, 1.165) is 6.20 Å². The Hall–Kier alpha value is -1.55. The topological polar surface area (TPSA) is 52.4 Å². The summed E-state index contributed by atoms with van der Waals surface area (Å²) in [5.41, 5.74) is 0.629. The number of ether oxygens (including phenoxy) is 1. The number of hydrogen-bond acceptors (Lipinski definition) is 3. The summed E-state index contributed by atoms with van der Waals surface area (Å²) in [5, 5.41) is 10.1. The molecule has 0 N–H and O–H groups in total. The molecule has 0 aliphatic rings. The molecule has 1 aromatic carbocycles. The van der Waals surface area contributed by atoms with Crippen LogP contribution in [0.1, 0.15) is 5.56 Å². The van der Waals surface area contributed by atoms with E-state index in [0.29, 0.717) is 11.3 Å². The molecule has 0 amide bonds. The van der Waals surface area contributed by atoms with E-state index >= 15 is 0 Å². The molecule has 0 unspecified atom stereocenters. The monoisotopic (exact) mass is 213 g/mol. The minimum Gasteiger partial charge on any atom is -0.477 e. The van der Waals surface area contributed by atoms with Gasteiger partial charge in [0.05, 0.1) is 4.92 Å². The molecule has 5 heteroatoms. The molecule has 0 radical (unpaired) electrons. The van der Waals surface area contributed by atoms with Crippen molar-refractivity contribution < 1.29 is 9.66 Å². The van der Waals surface area contributed by atoms with Gasteiger partial charge in [-0.05, 0) is 6.07 Å². The van der Waals surface area contributed by atoms with E-state index in [1.807, 2.05) is 0 Å². The highest BCUT2D eigenvalue weighted by Crippen LogP contribution is 2.19. The molecule has 0 aromatic heterocycles. The molecule has 0 saturated heterocycles. The van der Waals surface area contributed by atoms with Crippen LogP contribution in [-0.4, -0.2) is 11.0 Å². The number of alkyl halides is 1. The van der Waals surface area contributed by atoms with E-state index in [1.165, 1.54) is 6.08 Å². The predicted octanol–water partition coefficient (Wildman–Crippen LogP) is 2.51. The maximum atomic E-state index is 10.1. The summed E-state index contributed by atoms with van der Waals surface area (Å²) >= 11 is 5.39. The first-order valence-electron chi connectivity index (χ1n) is 3.83. The molecule has 0 fully saturated rings. The van der Waals surface area contributed by atoms with Gasteiger partial charge in [0.15, 0.2) is 6.07 Å². The van der Waals surface area contributed by atoms with Crippen molar-refractivity contribution in [1.82, 2.24) is 0 Å². The highest BCUT2D eigenvalue weighted by molar-refractivity contribution is 6.17. The SMILES string of the molecule is O=[N+]([O-])/C=C/c1ccccc1OCCl. The summed E-state index contributed by atoms with van der Waals surface area (Å²) in [6, 6.07) is 6.96. The van der Waals surface area contributed by atoms with Gasteiger partial charge >= 0.3 is 0 Å². The average molecular weight is 214 g/mol. The van der Waals surface area contributed by atoms with Gasteiger partial charge in [0, 0.05) is 11.6 Å². The lowest BCUT2D eigenvalue weighted by molar-refractivity contribution is -0.400. The molecular formula is C9H8ClNO3. The van der Waals surface area contributed by atoms with Gasteiger partial charge < -0.3 is 4.74 Å². The molecule has 14 heavy (non-hydrogen) atoms. The molecule has 4 nitrogen and oxygen atoms in total. The molecule has 0 spiro atoms. The Bertz CT molecular complexity index is 352. The fraction of sp³-hybridized carbons (Fsp3) is 0.111. The second kappa shape index (κ2) is 5.24. The average Bonchev–Trinajstić information content (AvgIpc) is 2.17. The van der Waals surface area contributed by atoms with Gasteiger partial charge in [-0.25, -0.2) is 0 Å². The molecular weight excluding hydrogens is 206 g/mol. The maximum absolute atomic E-state index is 10.1. The third-order valence-corrected chi connectivity index (χ3v) is 1.61. The normalized spacial score (nSPS) is 10.4. The number of hydrogen-bond donors (Lipinski definition) is 0. The van der Waals surface area contributed by atoms with E-state index < -0.39 is 4.92 Å². The van der Waals surface area contributed by atoms with Gasteiger partial charge in [0.25, 0.3) is 0 Å². The Morgan fingerprint density at radius 3 is 2.86 bits per heavy atom. The number of para-hydroxylation sites is 1. The summed E-state index contributed by atoms with van der Waals surface area (Å²) in [5.74, 6) is 0.528. The van der Waals surface area contributed by atoms with Crippen molar-refractivity contribution in [3.63, 3.8) is 0 Å². The standard InChI is InChI=1S/C9H8ClNO3/c10-7-14-9-4-2-1-3-8(9)5-6-11(12)13/h1-6H,7H2/b6-5+. The first-order chi connectivity index (χ1) is 6.74. The largest absolute Gasteiger partial charge is 0.477 e. The maximum Gasteiger partial charge on any atom is 0.235 e. The zero-order valence-electron chi connectivity index (χ0n) is 7.22. The molecule has 74 valence electrons. The lowest BCUT2D eigenvalue weighted by Crippen LogP contribution is -1.91. The van der Waals surface area contributed by atoms with Crippen LogP contribution in [0.4, 0.5) is 0 Å². The van der Waals surface area contributed by atoms with E-state index in [-0.39, 0.29) is 6.07 Å². The number of nitro groups is 1. The Balaban J connectivity index is 2.89. The molecule has 1 rings (SSSR count). The fourth-order valence-electron chi connectivity index (χ4n) is 0.950. The smallest absolute Gasteiger partial charge is 0.235 e.